The van der Waals surface area contributed by atoms with Crippen molar-refractivity contribution in [2.24, 2.45) is 0 Å². The smallest absolute Gasteiger partial charge is 0.305 e. The van der Waals surface area contributed by atoms with E-state index in [0.29, 0.717) is 26.4 Å². The number of carboxylic acids is 1. The highest BCUT2D eigenvalue weighted by atomic mass is 16.5. The minimum Gasteiger partial charge on any atom is -0.481 e. The summed E-state index contributed by atoms with van der Waals surface area (Å²) >= 11 is 0. The van der Waals surface area contributed by atoms with E-state index in [1.54, 1.807) is 4.90 Å². The van der Waals surface area contributed by atoms with Crippen molar-refractivity contribution in [3.05, 3.63) is 0 Å². The summed E-state index contributed by atoms with van der Waals surface area (Å²) in [7, 11) is 0. The van der Waals surface area contributed by atoms with Crippen LogP contribution in [0.4, 0.5) is 0 Å². The van der Waals surface area contributed by atoms with Crippen LogP contribution in [0, 0.1) is 0 Å². The van der Waals surface area contributed by atoms with Crippen LogP contribution in [0.25, 0.3) is 0 Å². The van der Waals surface area contributed by atoms with Gasteiger partial charge in [-0.1, -0.05) is 0 Å². The Balaban J connectivity index is 1.99. The van der Waals surface area contributed by atoms with Gasteiger partial charge in [0.2, 0.25) is 0 Å². The minimum atomic E-state index is -0.911. The number of ether oxygens (including phenoxy) is 2. The second kappa shape index (κ2) is 5.46. The average Bonchev–Trinajstić information content (AvgIpc) is 2.81. The molecule has 0 aromatic heterocycles. The number of hydrogen-bond acceptors (Lipinski definition) is 4. The number of carbonyl (C=O) groups is 2. The molecule has 2 fully saturated rings. The van der Waals surface area contributed by atoms with Crippen LogP contribution in [-0.2, 0) is 19.1 Å². The molecule has 17 heavy (non-hydrogen) atoms. The van der Waals surface area contributed by atoms with E-state index >= 15 is 0 Å². The molecule has 6 nitrogen and oxygen atoms in total. The molecule has 2 aliphatic heterocycles. The molecule has 1 N–H and O–H groups in total. The molecule has 2 saturated heterocycles. The summed E-state index contributed by atoms with van der Waals surface area (Å²) in [5.74, 6) is -0.998. The third-order valence-corrected chi connectivity index (χ3v) is 3.13. The number of nitrogens with zero attached hydrogens (tertiary/aromatic N) is 1. The van der Waals surface area contributed by atoms with Crippen LogP contribution in [0.15, 0.2) is 0 Å². The molecule has 2 aliphatic rings. The molecule has 0 spiro atoms. The highest BCUT2D eigenvalue weighted by Gasteiger charge is 2.34. The van der Waals surface area contributed by atoms with Crippen molar-refractivity contribution in [3.8, 4) is 0 Å². The van der Waals surface area contributed by atoms with Gasteiger partial charge < -0.3 is 19.5 Å². The van der Waals surface area contributed by atoms with Gasteiger partial charge in [-0.25, -0.2) is 0 Å². The van der Waals surface area contributed by atoms with E-state index in [1.807, 2.05) is 0 Å². The van der Waals surface area contributed by atoms with E-state index in [2.05, 4.69) is 0 Å². The van der Waals surface area contributed by atoms with Gasteiger partial charge in [0.1, 0.15) is 6.10 Å². The zero-order valence-corrected chi connectivity index (χ0v) is 9.63. The number of aliphatic carboxylic acids is 1. The van der Waals surface area contributed by atoms with Gasteiger partial charge in [0.05, 0.1) is 25.7 Å². The summed E-state index contributed by atoms with van der Waals surface area (Å²) in [6.07, 6.45) is 1.17. The topological polar surface area (TPSA) is 76.1 Å². The van der Waals surface area contributed by atoms with Crippen molar-refractivity contribution in [1.82, 2.24) is 4.90 Å². The first-order valence-corrected chi connectivity index (χ1v) is 5.90. The number of rotatable bonds is 3. The van der Waals surface area contributed by atoms with Gasteiger partial charge in [0, 0.05) is 13.2 Å². The Hall–Kier alpha value is -1.14. The largest absolute Gasteiger partial charge is 0.481 e. The molecule has 2 heterocycles. The number of carbonyl (C=O) groups excluding carboxylic acids is 1. The van der Waals surface area contributed by atoms with Gasteiger partial charge in [-0.05, 0) is 12.8 Å². The van der Waals surface area contributed by atoms with Crippen molar-refractivity contribution in [2.45, 2.75) is 31.4 Å². The Bertz CT molecular complexity index is 300. The van der Waals surface area contributed by atoms with E-state index in [4.69, 9.17) is 14.6 Å². The summed E-state index contributed by atoms with van der Waals surface area (Å²) < 4.78 is 10.6. The fourth-order valence-corrected chi connectivity index (χ4v) is 2.27. The SMILES string of the molecule is O=C(O)CC1COCCN1C(=O)C1CCCO1. The lowest BCUT2D eigenvalue weighted by Gasteiger charge is -2.36. The van der Waals surface area contributed by atoms with Gasteiger partial charge in [0.25, 0.3) is 5.91 Å². The van der Waals surface area contributed by atoms with E-state index in [1.165, 1.54) is 0 Å². The summed E-state index contributed by atoms with van der Waals surface area (Å²) in [6.45, 7) is 1.83. The standard InChI is InChI=1S/C11H17NO5/c13-10(14)6-8-7-16-5-3-12(8)11(15)9-2-1-4-17-9/h8-9H,1-7H2,(H,13,14). The quantitative estimate of drug-likeness (QED) is 0.747. The molecule has 1 amide bonds. The lowest BCUT2D eigenvalue weighted by atomic mass is 10.1. The van der Waals surface area contributed by atoms with Crippen molar-refractivity contribution in [2.75, 3.05) is 26.4 Å². The molecular formula is C11H17NO5. The lowest BCUT2D eigenvalue weighted by Crippen LogP contribution is -2.52. The summed E-state index contributed by atoms with van der Waals surface area (Å²) in [4.78, 5) is 24.5. The molecule has 0 aromatic rings. The van der Waals surface area contributed by atoms with Gasteiger partial charge in [-0.15, -0.1) is 0 Å². The zero-order valence-electron chi connectivity index (χ0n) is 9.63. The molecule has 0 bridgehead atoms. The van der Waals surface area contributed by atoms with Crippen molar-refractivity contribution >= 4 is 11.9 Å². The lowest BCUT2D eigenvalue weighted by molar-refractivity contribution is -0.153. The Labute approximate surface area is 99.5 Å². The zero-order chi connectivity index (χ0) is 12.3. The highest BCUT2D eigenvalue weighted by Crippen LogP contribution is 2.19. The van der Waals surface area contributed by atoms with Gasteiger partial charge >= 0.3 is 5.97 Å². The molecule has 2 atom stereocenters. The van der Waals surface area contributed by atoms with Crippen LogP contribution >= 0.6 is 0 Å². The van der Waals surface area contributed by atoms with Crippen molar-refractivity contribution in [1.29, 1.82) is 0 Å². The van der Waals surface area contributed by atoms with Crippen molar-refractivity contribution < 1.29 is 24.2 Å². The molecule has 0 saturated carbocycles. The second-order valence-corrected chi connectivity index (χ2v) is 4.36. The molecule has 0 aromatic carbocycles. The maximum atomic E-state index is 12.1. The summed E-state index contributed by atoms with van der Waals surface area (Å²) in [6, 6.07) is -0.363. The van der Waals surface area contributed by atoms with Gasteiger partial charge in [0.15, 0.2) is 0 Å². The van der Waals surface area contributed by atoms with E-state index in [0.717, 1.165) is 12.8 Å². The number of morpholine rings is 1. The predicted octanol–water partition coefficient (Wildman–Crippen LogP) is -0.133. The van der Waals surface area contributed by atoms with Gasteiger partial charge in [-0.3, -0.25) is 9.59 Å². The van der Waals surface area contributed by atoms with Crippen LogP contribution in [0.1, 0.15) is 19.3 Å². The van der Waals surface area contributed by atoms with E-state index in [-0.39, 0.29) is 24.5 Å². The third-order valence-electron chi connectivity index (χ3n) is 3.13. The molecule has 96 valence electrons. The summed E-state index contributed by atoms with van der Waals surface area (Å²) in [5, 5.41) is 8.81. The Kier molecular flexibility index (Phi) is 3.96. The van der Waals surface area contributed by atoms with Gasteiger partial charge in [-0.2, -0.15) is 0 Å². The fourth-order valence-electron chi connectivity index (χ4n) is 2.27. The highest BCUT2D eigenvalue weighted by molar-refractivity contribution is 5.82. The van der Waals surface area contributed by atoms with Crippen LogP contribution in [0.3, 0.4) is 0 Å². The predicted molar refractivity (Wildman–Crippen MR) is 57.5 cm³/mol. The Morgan fingerprint density at radius 2 is 2.18 bits per heavy atom. The number of amides is 1. The van der Waals surface area contributed by atoms with Crippen LogP contribution in [-0.4, -0.2) is 60.4 Å². The number of hydrogen-bond donors (Lipinski definition) is 1. The van der Waals surface area contributed by atoms with Crippen LogP contribution in [0.5, 0.6) is 0 Å². The number of carboxylic acid groups (broad SMARTS) is 1. The molecule has 6 heteroatoms. The minimum absolute atomic E-state index is 0.0710. The van der Waals surface area contributed by atoms with E-state index < -0.39 is 5.97 Å². The molecular weight excluding hydrogens is 226 g/mol. The second-order valence-electron chi connectivity index (χ2n) is 4.36. The van der Waals surface area contributed by atoms with E-state index in [9.17, 15) is 9.59 Å². The first kappa shape index (κ1) is 12.3. The Morgan fingerprint density at radius 1 is 1.35 bits per heavy atom. The first-order valence-electron chi connectivity index (χ1n) is 5.90. The van der Waals surface area contributed by atoms with Crippen LogP contribution in [0.2, 0.25) is 0 Å². The van der Waals surface area contributed by atoms with Crippen LogP contribution < -0.4 is 0 Å². The monoisotopic (exact) mass is 243 g/mol. The Morgan fingerprint density at radius 3 is 2.82 bits per heavy atom. The van der Waals surface area contributed by atoms with Crippen molar-refractivity contribution in [3.63, 3.8) is 0 Å². The molecule has 0 radical (unpaired) electrons. The maximum Gasteiger partial charge on any atom is 0.305 e. The first-order chi connectivity index (χ1) is 8.18. The fraction of sp³-hybridized carbons (Fsp3) is 0.818. The maximum absolute atomic E-state index is 12.1. The average molecular weight is 243 g/mol. The molecule has 2 rings (SSSR count). The third kappa shape index (κ3) is 2.95. The summed E-state index contributed by atoms with van der Waals surface area (Å²) in [5.41, 5.74) is 0. The normalized spacial score (nSPS) is 29.3. The molecule has 2 unspecified atom stereocenters. The molecule has 0 aliphatic carbocycles.